The summed E-state index contributed by atoms with van der Waals surface area (Å²) in [5, 5.41) is 0. The van der Waals surface area contributed by atoms with Crippen LogP contribution in [0.15, 0.2) is 103 Å². The fraction of sp³-hybridized carbons (Fsp3) is 0.257. The summed E-state index contributed by atoms with van der Waals surface area (Å²) in [6.45, 7) is 2.67. The second kappa shape index (κ2) is 14.3. The summed E-state index contributed by atoms with van der Waals surface area (Å²) >= 11 is 0. The standard InChI is InChI=1S/C35H32F3N3O5/c1-2-45-34(44)31(41(28-16-17-28)33(43)26-13-18-29(19-14-26)46-35(36,37)38)32(42)27-15-20-30(39-21-27)40(22-24-9-5-3-6-10-24)23-25-11-7-4-8-12-25/h3-15,18-21,28,31H,2,16-17,22-23H2,1H3. The third kappa shape index (κ3) is 8.29. The summed E-state index contributed by atoms with van der Waals surface area (Å²) in [5.41, 5.74) is 2.24. The van der Waals surface area contributed by atoms with Gasteiger partial charge in [0.1, 0.15) is 11.6 Å². The van der Waals surface area contributed by atoms with E-state index in [1.54, 1.807) is 19.1 Å². The van der Waals surface area contributed by atoms with Gasteiger partial charge in [0.25, 0.3) is 5.91 Å². The fourth-order valence-electron chi connectivity index (χ4n) is 5.07. The Morgan fingerprint density at radius 1 is 0.826 bits per heavy atom. The van der Waals surface area contributed by atoms with E-state index in [9.17, 15) is 27.6 Å². The number of nitrogens with zero attached hydrogens (tertiary/aromatic N) is 3. The van der Waals surface area contributed by atoms with Crippen LogP contribution in [0, 0.1) is 0 Å². The molecule has 0 bridgehead atoms. The van der Waals surface area contributed by atoms with Crippen LogP contribution < -0.4 is 9.64 Å². The summed E-state index contributed by atoms with van der Waals surface area (Å²) in [7, 11) is 0. The first-order chi connectivity index (χ1) is 22.1. The summed E-state index contributed by atoms with van der Waals surface area (Å²) < 4.78 is 47.0. The molecule has 1 aliphatic rings. The maximum Gasteiger partial charge on any atom is 0.573 e. The van der Waals surface area contributed by atoms with Crippen molar-refractivity contribution in [3.05, 3.63) is 126 Å². The van der Waals surface area contributed by atoms with Gasteiger partial charge in [-0.1, -0.05) is 60.7 Å². The Balaban J connectivity index is 1.41. The Morgan fingerprint density at radius 3 is 1.87 bits per heavy atom. The quantitative estimate of drug-likeness (QED) is 0.0933. The second-order valence-corrected chi connectivity index (χ2v) is 10.8. The predicted molar refractivity (Wildman–Crippen MR) is 164 cm³/mol. The Morgan fingerprint density at radius 2 is 1.39 bits per heavy atom. The van der Waals surface area contributed by atoms with Crippen LogP contribution in [-0.2, 0) is 22.6 Å². The number of esters is 1. The van der Waals surface area contributed by atoms with Gasteiger partial charge in [-0.15, -0.1) is 13.2 Å². The lowest BCUT2D eigenvalue weighted by molar-refractivity contribution is -0.274. The lowest BCUT2D eigenvalue weighted by Gasteiger charge is -2.30. The number of hydrogen-bond acceptors (Lipinski definition) is 7. The first-order valence-corrected chi connectivity index (χ1v) is 14.8. The summed E-state index contributed by atoms with van der Waals surface area (Å²) in [6, 6.07) is 25.3. The van der Waals surface area contributed by atoms with Gasteiger partial charge in [0.15, 0.2) is 11.8 Å². The van der Waals surface area contributed by atoms with Crippen molar-refractivity contribution in [3.63, 3.8) is 0 Å². The Hall–Kier alpha value is -5.19. The zero-order chi connectivity index (χ0) is 32.7. The van der Waals surface area contributed by atoms with Crippen molar-refractivity contribution in [2.24, 2.45) is 0 Å². The van der Waals surface area contributed by atoms with Crippen LogP contribution in [0.4, 0.5) is 19.0 Å². The molecule has 1 amide bonds. The lowest BCUT2D eigenvalue weighted by atomic mass is 10.0. The van der Waals surface area contributed by atoms with Crippen LogP contribution in [0.2, 0.25) is 0 Å². The van der Waals surface area contributed by atoms with E-state index >= 15 is 0 Å². The molecule has 1 heterocycles. The van der Waals surface area contributed by atoms with Crippen molar-refractivity contribution in [1.82, 2.24) is 9.88 Å². The van der Waals surface area contributed by atoms with Crippen molar-refractivity contribution in [3.8, 4) is 5.75 Å². The average Bonchev–Trinajstić information content (AvgIpc) is 3.89. The molecule has 1 fully saturated rings. The maximum absolute atomic E-state index is 14.0. The van der Waals surface area contributed by atoms with Crippen LogP contribution in [0.1, 0.15) is 51.6 Å². The van der Waals surface area contributed by atoms with E-state index in [-0.39, 0.29) is 17.7 Å². The van der Waals surface area contributed by atoms with E-state index in [2.05, 4.69) is 14.6 Å². The van der Waals surface area contributed by atoms with Gasteiger partial charge in [-0.25, -0.2) is 9.78 Å². The number of anilines is 1. The van der Waals surface area contributed by atoms with Gasteiger partial charge in [-0.05, 0) is 67.3 Å². The molecule has 8 nitrogen and oxygen atoms in total. The molecule has 46 heavy (non-hydrogen) atoms. The minimum atomic E-state index is -4.89. The van der Waals surface area contributed by atoms with E-state index in [4.69, 9.17) is 4.74 Å². The van der Waals surface area contributed by atoms with Crippen LogP contribution in [0.3, 0.4) is 0 Å². The number of hydrogen-bond donors (Lipinski definition) is 0. The summed E-state index contributed by atoms with van der Waals surface area (Å²) in [4.78, 5) is 48.7. The number of ether oxygens (including phenoxy) is 2. The third-order valence-electron chi connectivity index (χ3n) is 7.33. The fourth-order valence-corrected chi connectivity index (χ4v) is 5.07. The molecule has 3 aromatic carbocycles. The molecule has 5 rings (SSSR count). The molecule has 11 heteroatoms. The molecule has 4 aromatic rings. The third-order valence-corrected chi connectivity index (χ3v) is 7.33. The SMILES string of the molecule is CCOC(=O)C(C(=O)c1ccc(N(Cc2ccccc2)Cc2ccccc2)nc1)N(C(=O)c1ccc(OC(F)(F)F)cc1)C1CC1. The molecule has 0 spiro atoms. The molecule has 238 valence electrons. The molecule has 1 aromatic heterocycles. The van der Waals surface area contributed by atoms with Gasteiger partial charge in [-0.2, -0.15) is 0 Å². The topological polar surface area (TPSA) is 89.0 Å². The number of rotatable bonds is 13. The number of ketones is 1. The second-order valence-electron chi connectivity index (χ2n) is 10.8. The largest absolute Gasteiger partial charge is 0.573 e. The average molecular weight is 632 g/mol. The highest BCUT2D eigenvalue weighted by Gasteiger charge is 2.45. The number of alkyl halides is 3. The highest BCUT2D eigenvalue weighted by molar-refractivity contribution is 6.15. The Bertz CT molecular complexity index is 1590. The number of carbonyl (C=O) groups is 3. The van der Waals surface area contributed by atoms with Gasteiger partial charge >= 0.3 is 12.3 Å². The first-order valence-electron chi connectivity index (χ1n) is 14.8. The maximum atomic E-state index is 14.0. The van der Waals surface area contributed by atoms with Gasteiger partial charge in [0.05, 0.1) is 6.61 Å². The van der Waals surface area contributed by atoms with Gasteiger partial charge in [0, 0.05) is 36.5 Å². The number of halogens is 3. The normalized spacial score (nSPS) is 13.4. The van der Waals surface area contributed by atoms with E-state index in [0.29, 0.717) is 31.7 Å². The van der Waals surface area contributed by atoms with Crippen LogP contribution in [-0.4, -0.2) is 52.6 Å². The molecule has 1 aliphatic carbocycles. The van der Waals surface area contributed by atoms with Crippen molar-refractivity contribution in [2.45, 2.75) is 51.3 Å². The van der Waals surface area contributed by atoms with E-state index in [1.165, 1.54) is 11.1 Å². The van der Waals surface area contributed by atoms with Crippen LogP contribution in [0.25, 0.3) is 0 Å². The van der Waals surface area contributed by atoms with Gasteiger partial charge < -0.3 is 19.3 Å². The molecular formula is C35H32F3N3O5. The molecular weight excluding hydrogens is 599 g/mol. The minimum Gasteiger partial charge on any atom is -0.464 e. The highest BCUT2D eigenvalue weighted by atomic mass is 19.4. The number of benzene rings is 3. The smallest absolute Gasteiger partial charge is 0.464 e. The number of amides is 1. The zero-order valence-corrected chi connectivity index (χ0v) is 25.0. The van der Waals surface area contributed by atoms with E-state index in [0.717, 1.165) is 35.4 Å². The number of carbonyl (C=O) groups excluding carboxylic acids is 3. The summed E-state index contributed by atoms with van der Waals surface area (Å²) in [5.74, 6) is -2.15. The number of pyridine rings is 1. The minimum absolute atomic E-state index is 0.00513. The Kier molecular flexibility index (Phi) is 10.00. The molecule has 1 saturated carbocycles. The number of Topliss-reactive ketones (excluding diaryl/α,β-unsaturated/α-hetero) is 1. The molecule has 0 N–H and O–H groups in total. The molecule has 1 atom stereocenters. The van der Waals surface area contributed by atoms with Crippen molar-refractivity contribution >= 4 is 23.5 Å². The van der Waals surface area contributed by atoms with Crippen LogP contribution >= 0.6 is 0 Å². The van der Waals surface area contributed by atoms with Crippen molar-refractivity contribution in [2.75, 3.05) is 11.5 Å². The highest BCUT2D eigenvalue weighted by Crippen LogP contribution is 2.33. The monoisotopic (exact) mass is 631 g/mol. The molecule has 0 radical (unpaired) electrons. The number of aromatic nitrogens is 1. The molecule has 0 aliphatic heterocycles. The van der Waals surface area contributed by atoms with Crippen molar-refractivity contribution < 1.29 is 37.0 Å². The lowest BCUT2D eigenvalue weighted by Crippen LogP contribution is -2.51. The van der Waals surface area contributed by atoms with Gasteiger partial charge in [0.2, 0.25) is 0 Å². The van der Waals surface area contributed by atoms with Crippen LogP contribution in [0.5, 0.6) is 5.75 Å². The van der Waals surface area contributed by atoms with E-state index in [1.807, 2.05) is 60.7 Å². The zero-order valence-electron chi connectivity index (χ0n) is 25.0. The van der Waals surface area contributed by atoms with Gasteiger partial charge in [-0.3, -0.25) is 9.59 Å². The summed E-state index contributed by atoms with van der Waals surface area (Å²) in [6.07, 6.45) is -2.41. The first kappa shape index (κ1) is 32.2. The predicted octanol–water partition coefficient (Wildman–Crippen LogP) is 6.61. The Labute approximate surface area is 264 Å². The van der Waals surface area contributed by atoms with E-state index < -0.39 is 41.9 Å². The molecule has 0 saturated heterocycles. The molecule has 1 unspecified atom stereocenters. The van der Waals surface area contributed by atoms with Crippen molar-refractivity contribution in [1.29, 1.82) is 0 Å².